The van der Waals surface area contributed by atoms with Crippen LogP contribution in [0.2, 0.25) is 0 Å². The van der Waals surface area contributed by atoms with Gasteiger partial charge in [0.25, 0.3) is 0 Å². The van der Waals surface area contributed by atoms with Crippen LogP contribution in [0.1, 0.15) is 36.2 Å². The number of hydrogen-bond donors (Lipinski definition) is 1. The van der Waals surface area contributed by atoms with Crippen molar-refractivity contribution in [2.75, 3.05) is 5.32 Å². The molecule has 0 aliphatic heterocycles. The van der Waals surface area contributed by atoms with Crippen LogP contribution in [-0.4, -0.2) is 0 Å². The maximum absolute atomic E-state index is 13.4. The molecule has 98 valence electrons. The van der Waals surface area contributed by atoms with Gasteiger partial charge in [-0.15, -0.1) is 11.3 Å². The van der Waals surface area contributed by atoms with Crippen LogP contribution in [-0.2, 0) is 0 Å². The van der Waals surface area contributed by atoms with Crippen LogP contribution in [0.3, 0.4) is 0 Å². The van der Waals surface area contributed by atoms with E-state index in [4.69, 9.17) is 5.26 Å². The predicted octanol–water partition coefficient (Wildman–Crippen LogP) is 4.71. The van der Waals surface area contributed by atoms with Gasteiger partial charge in [-0.3, -0.25) is 0 Å². The summed E-state index contributed by atoms with van der Waals surface area (Å²) in [6, 6.07) is 10.6. The second kappa shape index (κ2) is 6.35. The summed E-state index contributed by atoms with van der Waals surface area (Å²) >= 11 is 1.68. The third kappa shape index (κ3) is 3.55. The van der Waals surface area contributed by atoms with Gasteiger partial charge in [0.1, 0.15) is 5.82 Å². The van der Waals surface area contributed by atoms with E-state index in [1.54, 1.807) is 17.4 Å². The standard InChI is InChI=1S/C15H15FN2S/c1-2-4-14(15-5-3-6-19-15)18-13-8-11(10-17)7-12(16)9-13/h3,5-9,14,18H,2,4H2,1H3. The van der Waals surface area contributed by atoms with Gasteiger partial charge in [-0.1, -0.05) is 19.4 Å². The average molecular weight is 274 g/mol. The van der Waals surface area contributed by atoms with Crippen molar-refractivity contribution in [3.05, 3.63) is 52.0 Å². The van der Waals surface area contributed by atoms with Gasteiger partial charge < -0.3 is 5.32 Å². The second-order valence-corrected chi connectivity index (χ2v) is 5.32. The Labute approximate surface area is 116 Å². The van der Waals surface area contributed by atoms with Crippen molar-refractivity contribution in [3.63, 3.8) is 0 Å². The third-order valence-corrected chi connectivity index (χ3v) is 3.82. The molecule has 0 spiro atoms. The smallest absolute Gasteiger partial charge is 0.126 e. The lowest BCUT2D eigenvalue weighted by atomic mass is 10.1. The molecule has 2 rings (SSSR count). The van der Waals surface area contributed by atoms with Gasteiger partial charge in [0.15, 0.2) is 0 Å². The molecule has 0 amide bonds. The van der Waals surface area contributed by atoms with E-state index in [1.165, 1.54) is 17.0 Å². The first-order chi connectivity index (χ1) is 9.22. The number of benzene rings is 1. The van der Waals surface area contributed by atoms with Gasteiger partial charge in [-0.05, 0) is 36.1 Å². The van der Waals surface area contributed by atoms with E-state index in [2.05, 4.69) is 18.3 Å². The number of halogens is 1. The molecule has 4 heteroatoms. The lowest BCUT2D eigenvalue weighted by molar-refractivity contribution is 0.626. The van der Waals surface area contributed by atoms with E-state index in [-0.39, 0.29) is 11.9 Å². The first kappa shape index (κ1) is 13.6. The van der Waals surface area contributed by atoms with Gasteiger partial charge in [0.2, 0.25) is 0 Å². The molecule has 1 heterocycles. The van der Waals surface area contributed by atoms with Crippen LogP contribution in [0.5, 0.6) is 0 Å². The van der Waals surface area contributed by atoms with E-state index in [1.807, 2.05) is 17.5 Å². The highest BCUT2D eigenvalue weighted by molar-refractivity contribution is 7.10. The molecule has 0 radical (unpaired) electrons. The van der Waals surface area contributed by atoms with Crippen molar-refractivity contribution < 1.29 is 4.39 Å². The molecule has 0 bridgehead atoms. The number of nitrogens with zero attached hydrogens (tertiary/aromatic N) is 1. The van der Waals surface area contributed by atoms with Crippen molar-refractivity contribution >= 4 is 17.0 Å². The van der Waals surface area contributed by atoms with E-state index < -0.39 is 0 Å². The zero-order valence-electron chi connectivity index (χ0n) is 10.7. The van der Waals surface area contributed by atoms with E-state index in [0.29, 0.717) is 11.3 Å². The fourth-order valence-electron chi connectivity index (χ4n) is 2.00. The fraction of sp³-hybridized carbons (Fsp3) is 0.267. The van der Waals surface area contributed by atoms with Crippen molar-refractivity contribution in [3.8, 4) is 6.07 Å². The Morgan fingerprint density at radius 3 is 2.89 bits per heavy atom. The van der Waals surface area contributed by atoms with E-state index in [0.717, 1.165) is 12.8 Å². The molecule has 1 aromatic carbocycles. The molecule has 0 aliphatic carbocycles. The molecule has 1 atom stereocenters. The number of anilines is 1. The Hall–Kier alpha value is -1.86. The molecular formula is C15H15FN2S. The molecule has 1 N–H and O–H groups in total. The topological polar surface area (TPSA) is 35.8 Å². The van der Waals surface area contributed by atoms with Crippen molar-refractivity contribution in [1.29, 1.82) is 5.26 Å². The van der Waals surface area contributed by atoms with Crippen LogP contribution in [0.25, 0.3) is 0 Å². The van der Waals surface area contributed by atoms with Crippen molar-refractivity contribution in [2.45, 2.75) is 25.8 Å². The quantitative estimate of drug-likeness (QED) is 0.857. The first-order valence-electron chi connectivity index (χ1n) is 6.23. The molecule has 1 aromatic heterocycles. The minimum absolute atomic E-state index is 0.165. The molecule has 0 saturated heterocycles. The highest BCUT2D eigenvalue weighted by Crippen LogP contribution is 2.28. The summed E-state index contributed by atoms with van der Waals surface area (Å²) in [6.45, 7) is 2.12. The summed E-state index contributed by atoms with van der Waals surface area (Å²) in [5, 5.41) is 14.2. The number of nitrogens with one attached hydrogen (secondary N) is 1. The van der Waals surface area contributed by atoms with Crippen molar-refractivity contribution in [1.82, 2.24) is 0 Å². The zero-order chi connectivity index (χ0) is 13.7. The molecule has 0 saturated carbocycles. The monoisotopic (exact) mass is 274 g/mol. The number of thiophene rings is 1. The average Bonchev–Trinajstić information content (AvgIpc) is 2.91. The summed E-state index contributed by atoms with van der Waals surface area (Å²) in [6.07, 6.45) is 2.01. The molecule has 2 nitrogen and oxygen atoms in total. The minimum Gasteiger partial charge on any atom is -0.377 e. The van der Waals surface area contributed by atoms with Crippen molar-refractivity contribution in [2.24, 2.45) is 0 Å². The Kier molecular flexibility index (Phi) is 4.53. The highest BCUT2D eigenvalue weighted by atomic mass is 32.1. The molecule has 1 unspecified atom stereocenters. The van der Waals surface area contributed by atoms with Crippen LogP contribution < -0.4 is 5.32 Å². The summed E-state index contributed by atoms with van der Waals surface area (Å²) in [5.74, 6) is -0.386. The van der Waals surface area contributed by atoms with Gasteiger partial charge in [0, 0.05) is 10.6 Å². The van der Waals surface area contributed by atoms with Crippen LogP contribution >= 0.6 is 11.3 Å². The maximum atomic E-state index is 13.4. The number of rotatable bonds is 5. The summed E-state index contributed by atoms with van der Waals surface area (Å²) < 4.78 is 13.4. The van der Waals surface area contributed by atoms with Gasteiger partial charge in [0.05, 0.1) is 17.7 Å². The fourth-order valence-corrected chi connectivity index (χ4v) is 2.81. The highest BCUT2D eigenvalue weighted by Gasteiger charge is 2.12. The van der Waals surface area contributed by atoms with Gasteiger partial charge >= 0.3 is 0 Å². The normalized spacial score (nSPS) is 11.8. The second-order valence-electron chi connectivity index (χ2n) is 4.34. The van der Waals surface area contributed by atoms with Crippen LogP contribution in [0, 0.1) is 17.1 Å². The molecular weight excluding hydrogens is 259 g/mol. The Bertz CT molecular complexity index is 572. The van der Waals surface area contributed by atoms with E-state index >= 15 is 0 Å². The van der Waals surface area contributed by atoms with Gasteiger partial charge in [-0.2, -0.15) is 5.26 Å². The Morgan fingerprint density at radius 1 is 1.42 bits per heavy atom. The minimum atomic E-state index is -0.386. The zero-order valence-corrected chi connectivity index (χ0v) is 11.5. The lowest BCUT2D eigenvalue weighted by Gasteiger charge is -2.18. The number of hydrogen-bond acceptors (Lipinski definition) is 3. The van der Waals surface area contributed by atoms with Crippen LogP contribution in [0.4, 0.5) is 10.1 Å². The molecule has 19 heavy (non-hydrogen) atoms. The summed E-state index contributed by atoms with van der Waals surface area (Å²) in [5.41, 5.74) is 0.993. The molecule has 0 fully saturated rings. The SMILES string of the molecule is CCCC(Nc1cc(F)cc(C#N)c1)c1cccs1. The lowest BCUT2D eigenvalue weighted by Crippen LogP contribution is -2.09. The van der Waals surface area contributed by atoms with Crippen LogP contribution in [0.15, 0.2) is 35.7 Å². The maximum Gasteiger partial charge on any atom is 0.126 e. The van der Waals surface area contributed by atoms with Gasteiger partial charge in [-0.25, -0.2) is 4.39 Å². The first-order valence-corrected chi connectivity index (χ1v) is 7.11. The Balaban J connectivity index is 2.22. The molecule has 2 aromatic rings. The largest absolute Gasteiger partial charge is 0.377 e. The Morgan fingerprint density at radius 2 is 2.26 bits per heavy atom. The number of nitriles is 1. The van der Waals surface area contributed by atoms with E-state index in [9.17, 15) is 4.39 Å². The third-order valence-electron chi connectivity index (χ3n) is 2.83. The predicted molar refractivity (Wildman–Crippen MR) is 76.7 cm³/mol. The molecule has 0 aliphatic rings. The summed E-state index contributed by atoms with van der Waals surface area (Å²) in [7, 11) is 0. The summed E-state index contributed by atoms with van der Waals surface area (Å²) in [4.78, 5) is 1.23.